The van der Waals surface area contributed by atoms with Gasteiger partial charge in [0.05, 0.1) is 24.4 Å². The van der Waals surface area contributed by atoms with E-state index in [1.807, 2.05) is 56.3 Å². The van der Waals surface area contributed by atoms with Crippen LogP contribution in [0.3, 0.4) is 0 Å². The lowest BCUT2D eigenvalue weighted by Gasteiger charge is -2.26. The number of rotatable bonds is 4. The number of carbonyl (C=O) groups is 2. The molecule has 0 aliphatic carbocycles. The van der Waals surface area contributed by atoms with Gasteiger partial charge in [-0.25, -0.2) is 0 Å². The molecule has 0 radical (unpaired) electrons. The molecule has 1 unspecified atom stereocenters. The number of carbonyl (C=O) groups excluding carboxylic acids is 2. The fourth-order valence-corrected chi connectivity index (χ4v) is 4.32. The second-order valence-corrected chi connectivity index (χ2v) is 9.64. The summed E-state index contributed by atoms with van der Waals surface area (Å²) in [6.45, 7) is 10.2. The van der Waals surface area contributed by atoms with E-state index in [1.54, 1.807) is 12.1 Å². The van der Waals surface area contributed by atoms with Crippen LogP contribution in [0.15, 0.2) is 70.9 Å². The molecule has 170 valence electrons. The SMILES string of the molecule is Cc1ccc(C(C)(C)C)cc1/C(O)=C1\C(=O)C(=O)N(Cc2ccco2)C1c1ccccc1C. The van der Waals surface area contributed by atoms with E-state index in [1.165, 1.54) is 11.2 Å². The number of furan rings is 1. The van der Waals surface area contributed by atoms with Crippen LogP contribution in [0.2, 0.25) is 0 Å². The first-order valence-corrected chi connectivity index (χ1v) is 11.1. The summed E-state index contributed by atoms with van der Waals surface area (Å²) in [5.41, 5.74) is 4.14. The molecule has 5 heteroatoms. The van der Waals surface area contributed by atoms with Crippen molar-refractivity contribution in [2.75, 3.05) is 0 Å². The van der Waals surface area contributed by atoms with Gasteiger partial charge in [-0.1, -0.05) is 57.2 Å². The number of benzene rings is 2. The number of nitrogens with zero attached hydrogens (tertiary/aromatic N) is 1. The maximum Gasteiger partial charge on any atom is 0.296 e. The Morgan fingerprint density at radius 1 is 1.00 bits per heavy atom. The number of aliphatic hydroxyl groups excluding tert-OH is 1. The number of hydrogen-bond donors (Lipinski definition) is 1. The van der Waals surface area contributed by atoms with Gasteiger partial charge in [-0.2, -0.15) is 0 Å². The quantitative estimate of drug-likeness (QED) is 0.314. The maximum atomic E-state index is 13.3. The van der Waals surface area contributed by atoms with Crippen LogP contribution in [0.1, 0.15) is 60.4 Å². The van der Waals surface area contributed by atoms with Gasteiger partial charge < -0.3 is 14.4 Å². The lowest BCUT2D eigenvalue weighted by molar-refractivity contribution is -0.140. The molecule has 33 heavy (non-hydrogen) atoms. The number of likely N-dealkylation sites (tertiary alicyclic amines) is 1. The normalized spacial score (nSPS) is 18.2. The highest BCUT2D eigenvalue weighted by molar-refractivity contribution is 6.46. The number of hydrogen-bond acceptors (Lipinski definition) is 4. The van der Waals surface area contributed by atoms with E-state index in [-0.39, 0.29) is 23.3 Å². The molecule has 1 saturated heterocycles. The summed E-state index contributed by atoms with van der Waals surface area (Å²) < 4.78 is 5.46. The van der Waals surface area contributed by atoms with Gasteiger partial charge in [-0.3, -0.25) is 9.59 Å². The largest absolute Gasteiger partial charge is 0.507 e. The standard InChI is InChI=1S/C28H29NO4/c1-17-9-6-7-11-21(17)24-23(26(31)27(32)29(24)16-20-10-8-14-33-20)25(30)22-15-19(28(3,4)5)13-12-18(22)2/h6-15,24,30H,16H2,1-5H3/b25-23+. The lowest BCUT2D eigenvalue weighted by Crippen LogP contribution is -2.29. The Kier molecular flexibility index (Phi) is 5.75. The topological polar surface area (TPSA) is 70.8 Å². The molecule has 0 spiro atoms. The van der Waals surface area contributed by atoms with Crippen molar-refractivity contribution < 1.29 is 19.1 Å². The van der Waals surface area contributed by atoms with E-state index >= 15 is 0 Å². The van der Waals surface area contributed by atoms with Crippen LogP contribution in [0.5, 0.6) is 0 Å². The summed E-state index contributed by atoms with van der Waals surface area (Å²) >= 11 is 0. The Hall–Kier alpha value is -3.60. The third-order valence-corrected chi connectivity index (χ3v) is 6.29. The highest BCUT2D eigenvalue weighted by Gasteiger charge is 2.47. The first-order valence-electron chi connectivity index (χ1n) is 11.1. The minimum Gasteiger partial charge on any atom is -0.507 e. The van der Waals surface area contributed by atoms with Gasteiger partial charge in [0.25, 0.3) is 11.7 Å². The van der Waals surface area contributed by atoms with E-state index in [0.29, 0.717) is 11.3 Å². The Morgan fingerprint density at radius 3 is 2.36 bits per heavy atom. The summed E-state index contributed by atoms with van der Waals surface area (Å²) in [6.07, 6.45) is 1.54. The summed E-state index contributed by atoms with van der Waals surface area (Å²) in [6, 6.07) is 16.3. The Bertz CT molecular complexity index is 1250. The van der Waals surface area contributed by atoms with Crippen molar-refractivity contribution in [2.24, 2.45) is 0 Å². The summed E-state index contributed by atoms with van der Waals surface area (Å²) in [7, 11) is 0. The molecule has 1 atom stereocenters. The molecule has 1 aromatic heterocycles. The van der Waals surface area contributed by atoms with Gasteiger partial charge >= 0.3 is 0 Å². The molecule has 5 nitrogen and oxygen atoms in total. The minimum absolute atomic E-state index is 0.106. The first-order chi connectivity index (χ1) is 15.6. The van der Waals surface area contributed by atoms with Crippen molar-refractivity contribution in [1.82, 2.24) is 4.90 Å². The fourth-order valence-electron chi connectivity index (χ4n) is 4.32. The molecule has 4 rings (SSSR count). The summed E-state index contributed by atoms with van der Waals surface area (Å²) in [5.74, 6) is -0.910. The van der Waals surface area contributed by atoms with Crippen LogP contribution >= 0.6 is 0 Å². The molecule has 1 fully saturated rings. The number of aliphatic hydroxyl groups is 1. The molecule has 2 aromatic carbocycles. The number of aryl methyl sites for hydroxylation is 2. The highest BCUT2D eigenvalue weighted by Crippen LogP contribution is 2.42. The van der Waals surface area contributed by atoms with Gasteiger partial charge in [0.2, 0.25) is 0 Å². The third kappa shape index (κ3) is 4.11. The average Bonchev–Trinajstić information content (AvgIpc) is 3.36. The van der Waals surface area contributed by atoms with E-state index in [0.717, 1.165) is 22.3 Å². The molecule has 0 bridgehead atoms. The van der Waals surface area contributed by atoms with Crippen LogP contribution in [-0.4, -0.2) is 21.7 Å². The third-order valence-electron chi connectivity index (χ3n) is 6.29. The smallest absolute Gasteiger partial charge is 0.296 e. The highest BCUT2D eigenvalue weighted by atomic mass is 16.3. The van der Waals surface area contributed by atoms with E-state index < -0.39 is 17.7 Å². The van der Waals surface area contributed by atoms with Crippen molar-refractivity contribution in [3.8, 4) is 0 Å². The van der Waals surface area contributed by atoms with Crippen molar-refractivity contribution in [3.63, 3.8) is 0 Å². The van der Waals surface area contributed by atoms with E-state index in [9.17, 15) is 14.7 Å². The van der Waals surface area contributed by atoms with Crippen LogP contribution in [0.25, 0.3) is 5.76 Å². The van der Waals surface area contributed by atoms with Crippen LogP contribution < -0.4 is 0 Å². The van der Waals surface area contributed by atoms with E-state index in [2.05, 4.69) is 20.8 Å². The molecular weight excluding hydrogens is 414 g/mol. The average molecular weight is 444 g/mol. The predicted molar refractivity (Wildman–Crippen MR) is 128 cm³/mol. The van der Waals surface area contributed by atoms with Gasteiger partial charge in [-0.05, 0) is 59.7 Å². The second kappa shape index (κ2) is 8.39. The van der Waals surface area contributed by atoms with Crippen LogP contribution in [-0.2, 0) is 21.5 Å². The summed E-state index contributed by atoms with van der Waals surface area (Å²) in [4.78, 5) is 28.0. The maximum absolute atomic E-state index is 13.3. The van der Waals surface area contributed by atoms with Gasteiger partial charge in [0.1, 0.15) is 11.5 Å². The van der Waals surface area contributed by atoms with Crippen molar-refractivity contribution in [2.45, 2.75) is 52.6 Å². The monoisotopic (exact) mass is 443 g/mol. The number of Topliss-reactive ketones (excluding diaryl/α,β-unsaturated/α-hetero) is 1. The van der Waals surface area contributed by atoms with Crippen molar-refractivity contribution in [1.29, 1.82) is 0 Å². The molecule has 1 aliphatic rings. The molecule has 2 heterocycles. The zero-order valence-corrected chi connectivity index (χ0v) is 19.7. The zero-order chi connectivity index (χ0) is 23.9. The first kappa shape index (κ1) is 22.6. The Morgan fingerprint density at radius 2 is 1.73 bits per heavy atom. The van der Waals surface area contributed by atoms with Crippen molar-refractivity contribution in [3.05, 3.63) is 100 Å². The number of amides is 1. The molecule has 3 aromatic rings. The van der Waals surface area contributed by atoms with Crippen LogP contribution in [0, 0.1) is 13.8 Å². The van der Waals surface area contributed by atoms with Crippen LogP contribution in [0.4, 0.5) is 0 Å². The Labute approximate surface area is 194 Å². The van der Waals surface area contributed by atoms with Gasteiger partial charge in [0.15, 0.2) is 0 Å². The number of ketones is 1. The molecular formula is C28H29NO4. The van der Waals surface area contributed by atoms with E-state index in [4.69, 9.17) is 4.42 Å². The van der Waals surface area contributed by atoms with Crippen molar-refractivity contribution >= 4 is 17.4 Å². The molecule has 1 N–H and O–H groups in total. The van der Waals surface area contributed by atoms with Gasteiger partial charge in [-0.15, -0.1) is 0 Å². The fraction of sp³-hybridized carbons (Fsp3) is 0.286. The zero-order valence-electron chi connectivity index (χ0n) is 19.7. The molecule has 1 aliphatic heterocycles. The molecule has 1 amide bonds. The predicted octanol–water partition coefficient (Wildman–Crippen LogP) is 5.82. The Balaban J connectivity index is 1.93. The molecule has 0 saturated carbocycles. The lowest BCUT2D eigenvalue weighted by atomic mass is 9.84. The summed E-state index contributed by atoms with van der Waals surface area (Å²) in [5, 5.41) is 11.5. The minimum atomic E-state index is -0.714. The van der Waals surface area contributed by atoms with Gasteiger partial charge in [0, 0.05) is 5.56 Å². The second-order valence-electron chi connectivity index (χ2n) is 9.64.